The Labute approximate surface area is 170 Å². The summed E-state index contributed by atoms with van der Waals surface area (Å²) in [5, 5.41) is 11.6. The van der Waals surface area contributed by atoms with Crippen molar-refractivity contribution in [3.8, 4) is 0 Å². The Morgan fingerprint density at radius 3 is 2.46 bits per heavy atom. The van der Waals surface area contributed by atoms with Crippen molar-refractivity contribution in [3.63, 3.8) is 0 Å². The molecule has 0 bridgehead atoms. The van der Waals surface area contributed by atoms with E-state index in [1.165, 1.54) is 13.0 Å². The number of piperazine rings is 1. The number of nitro benzene ring substituents is 1. The first-order valence-corrected chi connectivity index (χ1v) is 9.22. The maximum absolute atomic E-state index is 12.8. The van der Waals surface area contributed by atoms with Crippen LogP contribution in [0.15, 0.2) is 18.2 Å². The lowest BCUT2D eigenvalue weighted by molar-refractivity contribution is -0.384. The molecular weight excluding hydrogens is 386 g/mol. The molecule has 0 radical (unpaired) electrons. The Morgan fingerprint density at radius 1 is 1.21 bits per heavy atom. The van der Waals surface area contributed by atoms with Crippen LogP contribution in [0, 0.1) is 10.1 Å². The SMILES string of the molecule is CC(=O)N1CCN(c2ccc(C(=O)N3CCCC3CN)cc2[N+](=O)[O-])CC1.Cl. The van der Waals surface area contributed by atoms with Gasteiger partial charge in [0.1, 0.15) is 5.69 Å². The molecule has 2 N–H and O–H groups in total. The zero-order valence-electron chi connectivity index (χ0n) is 15.9. The molecule has 9 nitrogen and oxygen atoms in total. The van der Waals surface area contributed by atoms with Crippen LogP contribution < -0.4 is 10.6 Å². The number of nitrogens with zero attached hydrogens (tertiary/aromatic N) is 4. The van der Waals surface area contributed by atoms with Crippen molar-refractivity contribution < 1.29 is 14.5 Å². The van der Waals surface area contributed by atoms with Crippen molar-refractivity contribution in [1.82, 2.24) is 9.80 Å². The van der Waals surface area contributed by atoms with Gasteiger partial charge < -0.3 is 20.4 Å². The van der Waals surface area contributed by atoms with Crippen LogP contribution in [0.25, 0.3) is 0 Å². The number of amides is 2. The molecule has 1 aromatic carbocycles. The molecular formula is C18H26ClN5O4. The number of benzene rings is 1. The molecule has 2 saturated heterocycles. The first kappa shape index (κ1) is 21.9. The van der Waals surface area contributed by atoms with Crippen LogP contribution in [0.2, 0.25) is 0 Å². The van der Waals surface area contributed by atoms with Crippen LogP contribution in [0.3, 0.4) is 0 Å². The van der Waals surface area contributed by atoms with Crippen LogP contribution in [0.1, 0.15) is 30.1 Å². The van der Waals surface area contributed by atoms with Gasteiger partial charge >= 0.3 is 0 Å². The number of halogens is 1. The normalized spacial score (nSPS) is 19.4. The first-order valence-electron chi connectivity index (χ1n) is 9.22. The third-order valence-corrected chi connectivity index (χ3v) is 5.39. The van der Waals surface area contributed by atoms with Gasteiger partial charge in [0, 0.05) is 63.9 Å². The standard InChI is InChI=1S/C18H25N5O4.ClH/c1-13(24)20-7-9-21(10-8-20)16-5-4-14(11-17(16)23(26)27)18(25)22-6-2-3-15(22)12-19;/h4-5,11,15H,2-3,6-10,12,19H2,1H3;1H. The van der Waals surface area contributed by atoms with E-state index in [1.807, 2.05) is 4.90 Å². The van der Waals surface area contributed by atoms with Gasteiger partial charge in [0.15, 0.2) is 0 Å². The molecule has 0 saturated carbocycles. The molecule has 2 amide bonds. The summed E-state index contributed by atoms with van der Waals surface area (Å²) in [5.74, 6) is -0.204. The predicted molar refractivity (Wildman–Crippen MR) is 108 cm³/mol. The van der Waals surface area contributed by atoms with Crippen molar-refractivity contribution in [2.45, 2.75) is 25.8 Å². The molecule has 10 heteroatoms. The second-order valence-electron chi connectivity index (χ2n) is 6.98. The van der Waals surface area contributed by atoms with Crippen molar-refractivity contribution in [2.75, 3.05) is 44.2 Å². The molecule has 2 fully saturated rings. The molecule has 0 spiro atoms. The number of carbonyl (C=O) groups is 2. The topological polar surface area (TPSA) is 113 Å². The van der Waals surface area contributed by atoms with Crippen LogP contribution >= 0.6 is 12.4 Å². The molecule has 1 atom stereocenters. The quantitative estimate of drug-likeness (QED) is 0.589. The van der Waals surface area contributed by atoms with Crippen molar-refractivity contribution in [3.05, 3.63) is 33.9 Å². The van der Waals surface area contributed by atoms with E-state index >= 15 is 0 Å². The average molecular weight is 412 g/mol. The maximum Gasteiger partial charge on any atom is 0.293 e. The summed E-state index contributed by atoms with van der Waals surface area (Å²) in [5.41, 5.74) is 6.45. The van der Waals surface area contributed by atoms with E-state index < -0.39 is 4.92 Å². The summed E-state index contributed by atoms with van der Waals surface area (Å²) in [6, 6.07) is 4.65. The van der Waals surface area contributed by atoms with Crippen LogP contribution in [0.4, 0.5) is 11.4 Å². The second kappa shape index (κ2) is 9.20. The molecule has 0 aromatic heterocycles. The largest absolute Gasteiger partial charge is 0.362 e. The van der Waals surface area contributed by atoms with E-state index in [4.69, 9.17) is 5.73 Å². The Kier molecular flexibility index (Phi) is 7.20. The monoisotopic (exact) mass is 411 g/mol. The highest BCUT2D eigenvalue weighted by Gasteiger charge is 2.31. The van der Waals surface area contributed by atoms with Crippen LogP contribution in [-0.4, -0.2) is 71.8 Å². The van der Waals surface area contributed by atoms with Gasteiger partial charge in [-0.15, -0.1) is 12.4 Å². The maximum atomic E-state index is 12.8. The number of nitrogens with two attached hydrogens (primary N) is 1. The van der Waals surface area contributed by atoms with E-state index in [2.05, 4.69) is 0 Å². The van der Waals surface area contributed by atoms with Crippen molar-refractivity contribution >= 4 is 35.6 Å². The fourth-order valence-electron chi connectivity index (χ4n) is 3.85. The summed E-state index contributed by atoms with van der Waals surface area (Å²) in [4.78, 5) is 40.7. The minimum absolute atomic E-state index is 0. The van der Waals surface area contributed by atoms with Crippen LogP contribution in [0.5, 0.6) is 0 Å². The van der Waals surface area contributed by atoms with Gasteiger partial charge in [-0.1, -0.05) is 0 Å². The first-order chi connectivity index (χ1) is 12.9. The molecule has 2 aliphatic rings. The lowest BCUT2D eigenvalue weighted by Gasteiger charge is -2.35. The highest BCUT2D eigenvalue weighted by atomic mass is 35.5. The lowest BCUT2D eigenvalue weighted by atomic mass is 10.1. The highest BCUT2D eigenvalue weighted by Crippen LogP contribution is 2.31. The summed E-state index contributed by atoms with van der Waals surface area (Å²) in [6.07, 6.45) is 1.76. The molecule has 1 aromatic rings. The van der Waals surface area contributed by atoms with Gasteiger partial charge in [-0.2, -0.15) is 0 Å². The number of hydrogen-bond donors (Lipinski definition) is 1. The average Bonchev–Trinajstić information content (AvgIpc) is 3.15. The van der Waals surface area contributed by atoms with Gasteiger partial charge in [0.05, 0.1) is 4.92 Å². The summed E-state index contributed by atoms with van der Waals surface area (Å²) in [7, 11) is 0. The van der Waals surface area contributed by atoms with E-state index in [-0.39, 0.29) is 36.0 Å². The van der Waals surface area contributed by atoms with E-state index in [0.29, 0.717) is 50.5 Å². The number of anilines is 1. The molecule has 1 unspecified atom stereocenters. The molecule has 154 valence electrons. The molecule has 3 rings (SSSR count). The van der Waals surface area contributed by atoms with Gasteiger partial charge in [-0.25, -0.2) is 0 Å². The number of nitro groups is 1. The third kappa shape index (κ3) is 4.36. The zero-order valence-corrected chi connectivity index (χ0v) is 16.7. The molecule has 2 aliphatic heterocycles. The summed E-state index contributed by atoms with van der Waals surface area (Å²) in [6.45, 7) is 4.64. The molecule has 2 heterocycles. The van der Waals surface area contributed by atoms with E-state index in [1.54, 1.807) is 21.9 Å². The second-order valence-corrected chi connectivity index (χ2v) is 6.98. The zero-order chi connectivity index (χ0) is 19.6. The van der Waals surface area contributed by atoms with Gasteiger partial charge in [-0.3, -0.25) is 19.7 Å². The Morgan fingerprint density at radius 2 is 1.89 bits per heavy atom. The fourth-order valence-corrected chi connectivity index (χ4v) is 3.85. The number of likely N-dealkylation sites (tertiary alicyclic amines) is 1. The van der Waals surface area contributed by atoms with Gasteiger partial charge in [0.25, 0.3) is 11.6 Å². The minimum Gasteiger partial charge on any atom is -0.362 e. The Bertz CT molecular complexity index is 751. The van der Waals surface area contributed by atoms with Crippen LogP contribution in [-0.2, 0) is 4.79 Å². The number of rotatable bonds is 4. The Hall–Kier alpha value is -2.39. The van der Waals surface area contributed by atoms with E-state index in [9.17, 15) is 19.7 Å². The molecule has 28 heavy (non-hydrogen) atoms. The van der Waals surface area contributed by atoms with Crippen molar-refractivity contribution in [2.24, 2.45) is 5.73 Å². The number of hydrogen-bond acceptors (Lipinski definition) is 6. The van der Waals surface area contributed by atoms with Gasteiger partial charge in [0.2, 0.25) is 5.91 Å². The fraction of sp³-hybridized carbons (Fsp3) is 0.556. The summed E-state index contributed by atoms with van der Waals surface area (Å²) >= 11 is 0. The highest BCUT2D eigenvalue weighted by molar-refractivity contribution is 5.96. The molecule has 0 aliphatic carbocycles. The predicted octanol–water partition coefficient (Wildman–Crippen LogP) is 1.25. The van der Waals surface area contributed by atoms with Crippen molar-refractivity contribution in [1.29, 1.82) is 0 Å². The lowest BCUT2D eigenvalue weighted by Crippen LogP contribution is -2.48. The van der Waals surface area contributed by atoms with Gasteiger partial charge in [-0.05, 0) is 25.0 Å². The minimum atomic E-state index is -0.451. The van der Waals surface area contributed by atoms with E-state index in [0.717, 1.165) is 12.8 Å². The number of carbonyl (C=O) groups excluding carboxylic acids is 2. The smallest absolute Gasteiger partial charge is 0.293 e. The summed E-state index contributed by atoms with van der Waals surface area (Å²) < 4.78 is 0. The third-order valence-electron chi connectivity index (χ3n) is 5.39. The Balaban J connectivity index is 0.00000280.